The van der Waals surface area contributed by atoms with Crippen LogP contribution >= 0.6 is 11.3 Å². The molecule has 1 aromatic heterocycles. The molecule has 0 radical (unpaired) electrons. The minimum absolute atomic E-state index is 0.346. The van der Waals surface area contributed by atoms with Crippen molar-refractivity contribution in [2.75, 3.05) is 13.1 Å². The topological polar surface area (TPSA) is 15.3 Å². The fourth-order valence-corrected chi connectivity index (χ4v) is 4.54. The van der Waals surface area contributed by atoms with Gasteiger partial charge in [-0.3, -0.25) is 4.90 Å². The van der Waals surface area contributed by atoms with Crippen LogP contribution in [0.1, 0.15) is 44.1 Å². The van der Waals surface area contributed by atoms with Gasteiger partial charge in [-0.15, -0.1) is 11.3 Å². The van der Waals surface area contributed by atoms with E-state index in [1.54, 1.807) is 5.56 Å². The number of thiophene rings is 1. The molecule has 2 nitrogen and oxygen atoms in total. The van der Waals surface area contributed by atoms with Crippen LogP contribution in [0.3, 0.4) is 0 Å². The van der Waals surface area contributed by atoms with Crippen LogP contribution in [0.4, 0.5) is 0 Å². The smallest absolute Gasteiger partial charge is 0.0349 e. The minimum Gasteiger partial charge on any atom is -0.312 e. The summed E-state index contributed by atoms with van der Waals surface area (Å²) in [6, 6.07) is 8.87. The highest BCUT2D eigenvalue weighted by Gasteiger charge is 2.32. The van der Waals surface area contributed by atoms with Gasteiger partial charge >= 0.3 is 0 Å². The minimum atomic E-state index is 0.346. The van der Waals surface area contributed by atoms with Crippen molar-refractivity contribution in [1.82, 2.24) is 10.2 Å². The third-order valence-electron chi connectivity index (χ3n) is 4.74. The summed E-state index contributed by atoms with van der Waals surface area (Å²) in [5.74, 6) is 0. The number of rotatable bonds is 5. The fraction of sp³-hybridized carbons (Fsp3) is 0.556. The third-order valence-corrected chi connectivity index (χ3v) is 5.95. The Morgan fingerprint density at radius 3 is 2.81 bits per heavy atom. The van der Waals surface area contributed by atoms with E-state index in [1.165, 1.54) is 34.3 Å². The molecule has 114 valence electrons. The van der Waals surface area contributed by atoms with E-state index >= 15 is 0 Å². The molecule has 0 aliphatic carbocycles. The highest BCUT2D eigenvalue weighted by atomic mass is 32.1. The maximum absolute atomic E-state index is 3.50. The molecule has 0 unspecified atom stereocenters. The highest BCUT2D eigenvalue weighted by Crippen LogP contribution is 2.36. The van der Waals surface area contributed by atoms with E-state index in [-0.39, 0.29) is 0 Å². The Labute approximate surface area is 132 Å². The summed E-state index contributed by atoms with van der Waals surface area (Å²) in [5, 5.41) is 4.96. The van der Waals surface area contributed by atoms with Gasteiger partial charge in [0.1, 0.15) is 0 Å². The Bertz CT molecular complexity index is 615. The standard InChI is InChI=1S/C18H26N2S/c1-4-19-12-17-15(13-20-11-7-10-18(20,2)3)14-8-5-6-9-16(14)21-17/h5-6,8-9,19H,4,7,10-13H2,1-3H3. The molecule has 1 aliphatic heterocycles. The number of likely N-dealkylation sites (tertiary alicyclic amines) is 1. The largest absolute Gasteiger partial charge is 0.312 e. The number of nitrogens with zero attached hydrogens (tertiary/aromatic N) is 1. The van der Waals surface area contributed by atoms with E-state index in [0.29, 0.717) is 5.54 Å². The number of benzene rings is 1. The average Bonchev–Trinajstić information content (AvgIpc) is 2.98. The molecule has 0 bridgehead atoms. The van der Waals surface area contributed by atoms with Crippen LogP contribution in [0.5, 0.6) is 0 Å². The van der Waals surface area contributed by atoms with Crippen molar-refractivity contribution in [3.05, 3.63) is 34.7 Å². The van der Waals surface area contributed by atoms with Crippen molar-refractivity contribution in [1.29, 1.82) is 0 Å². The van der Waals surface area contributed by atoms with Crippen molar-refractivity contribution in [3.63, 3.8) is 0 Å². The van der Waals surface area contributed by atoms with E-state index in [0.717, 1.165) is 19.6 Å². The molecule has 0 atom stereocenters. The Kier molecular flexibility index (Phi) is 4.34. The van der Waals surface area contributed by atoms with Crippen LogP contribution in [0.25, 0.3) is 10.1 Å². The first kappa shape index (κ1) is 15.0. The average molecular weight is 302 g/mol. The second-order valence-electron chi connectivity index (χ2n) is 6.62. The van der Waals surface area contributed by atoms with Gasteiger partial charge in [-0.25, -0.2) is 0 Å². The maximum Gasteiger partial charge on any atom is 0.0349 e. The van der Waals surface area contributed by atoms with Gasteiger partial charge < -0.3 is 5.32 Å². The number of nitrogens with one attached hydrogen (secondary N) is 1. The lowest BCUT2D eigenvalue weighted by Crippen LogP contribution is -2.37. The lowest BCUT2D eigenvalue weighted by molar-refractivity contribution is 0.167. The predicted molar refractivity (Wildman–Crippen MR) is 92.9 cm³/mol. The summed E-state index contributed by atoms with van der Waals surface area (Å²) in [7, 11) is 0. The Balaban J connectivity index is 1.95. The van der Waals surface area contributed by atoms with E-state index in [1.807, 2.05) is 11.3 Å². The fourth-order valence-electron chi connectivity index (χ4n) is 3.35. The lowest BCUT2D eigenvalue weighted by Gasteiger charge is -2.31. The van der Waals surface area contributed by atoms with Gasteiger partial charge in [0, 0.05) is 28.2 Å². The molecule has 1 aliphatic rings. The molecule has 2 heterocycles. The first-order valence-corrected chi connectivity index (χ1v) is 8.88. The van der Waals surface area contributed by atoms with E-state index in [2.05, 4.69) is 55.3 Å². The molecule has 21 heavy (non-hydrogen) atoms. The van der Waals surface area contributed by atoms with Gasteiger partial charge in [-0.05, 0) is 56.8 Å². The monoisotopic (exact) mass is 302 g/mol. The van der Waals surface area contributed by atoms with Crippen LogP contribution in [0, 0.1) is 0 Å². The maximum atomic E-state index is 3.50. The van der Waals surface area contributed by atoms with Crippen LogP contribution in [-0.2, 0) is 13.1 Å². The molecule has 3 rings (SSSR count). The predicted octanol–water partition coefficient (Wildman–Crippen LogP) is 4.39. The van der Waals surface area contributed by atoms with Crippen LogP contribution in [0.2, 0.25) is 0 Å². The van der Waals surface area contributed by atoms with Crippen molar-refractivity contribution in [3.8, 4) is 0 Å². The van der Waals surface area contributed by atoms with Gasteiger partial charge in [0.25, 0.3) is 0 Å². The Morgan fingerprint density at radius 1 is 1.29 bits per heavy atom. The van der Waals surface area contributed by atoms with Crippen molar-refractivity contribution >= 4 is 21.4 Å². The second-order valence-corrected chi connectivity index (χ2v) is 7.75. The van der Waals surface area contributed by atoms with Crippen LogP contribution in [0.15, 0.2) is 24.3 Å². The Morgan fingerprint density at radius 2 is 2.10 bits per heavy atom. The van der Waals surface area contributed by atoms with Crippen molar-refractivity contribution in [2.24, 2.45) is 0 Å². The molecule has 0 spiro atoms. The normalized spacial score (nSPS) is 18.6. The zero-order valence-corrected chi connectivity index (χ0v) is 14.2. The zero-order valence-electron chi connectivity index (χ0n) is 13.4. The zero-order chi connectivity index (χ0) is 14.9. The quantitative estimate of drug-likeness (QED) is 0.881. The summed E-state index contributed by atoms with van der Waals surface area (Å²) in [6.45, 7) is 11.3. The number of hydrogen-bond donors (Lipinski definition) is 1. The molecule has 0 saturated carbocycles. The van der Waals surface area contributed by atoms with E-state index in [4.69, 9.17) is 0 Å². The van der Waals surface area contributed by atoms with Crippen molar-refractivity contribution in [2.45, 2.75) is 52.2 Å². The molecular formula is C18H26N2S. The molecule has 2 aromatic rings. The molecule has 3 heteroatoms. The lowest BCUT2D eigenvalue weighted by atomic mass is 10.0. The van der Waals surface area contributed by atoms with Gasteiger partial charge in [0.2, 0.25) is 0 Å². The van der Waals surface area contributed by atoms with Gasteiger partial charge in [0.05, 0.1) is 0 Å². The molecule has 1 saturated heterocycles. The van der Waals surface area contributed by atoms with Gasteiger partial charge in [0.15, 0.2) is 0 Å². The van der Waals surface area contributed by atoms with E-state index < -0.39 is 0 Å². The molecule has 1 N–H and O–H groups in total. The molecular weight excluding hydrogens is 276 g/mol. The number of fused-ring (bicyclic) bond motifs is 1. The summed E-state index contributed by atoms with van der Waals surface area (Å²) in [6.07, 6.45) is 2.65. The van der Waals surface area contributed by atoms with Crippen LogP contribution in [-0.4, -0.2) is 23.5 Å². The first-order chi connectivity index (χ1) is 10.1. The third kappa shape index (κ3) is 3.01. The van der Waals surface area contributed by atoms with Gasteiger partial charge in [-0.1, -0.05) is 25.1 Å². The highest BCUT2D eigenvalue weighted by molar-refractivity contribution is 7.19. The summed E-state index contributed by atoms with van der Waals surface area (Å²) >= 11 is 1.96. The second kappa shape index (κ2) is 6.07. The first-order valence-electron chi connectivity index (χ1n) is 8.07. The summed E-state index contributed by atoms with van der Waals surface area (Å²) in [5.41, 5.74) is 1.89. The SMILES string of the molecule is CCNCc1sc2ccccc2c1CN1CCCC1(C)C. The molecule has 1 fully saturated rings. The van der Waals surface area contributed by atoms with Gasteiger partial charge in [-0.2, -0.15) is 0 Å². The van der Waals surface area contributed by atoms with Crippen molar-refractivity contribution < 1.29 is 0 Å². The Hall–Kier alpha value is -0.900. The van der Waals surface area contributed by atoms with E-state index in [9.17, 15) is 0 Å². The molecule has 0 amide bonds. The number of hydrogen-bond acceptors (Lipinski definition) is 3. The van der Waals surface area contributed by atoms with Crippen LogP contribution < -0.4 is 5.32 Å². The summed E-state index contributed by atoms with van der Waals surface area (Å²) in [4.78, 5) is 4.18. The summed E-state index contributed by atoms with van der Waals surface area (Å²) < 4.78 is 1.43. The molecule has 1 aromatic carbocycles.